The number of methoxy groups -OCH3 is 1. The summed E-state index contributed by atoms with van der Waals surface area (Å²) in [6.07, 6.45) is 0.345. The Balaban J connectivity index is 1.87. The van der Waals surface area contributed by atoms with E-state index >= 15 is 0 Å². The summed E-state index contributed by atoms with van der Waals surface area (Å²) in [7, 11) is 1.59. The molecule has 0 spiro atoms. The molecule has 0 aliphatic rings. The Bertz CT molecular complexity index is 537. The van der Waals surface area contributed by atoms with Crippen LogP contribution in [0, 0.1) is 6.07 Å². The van der Waals surface area contributed by atoms with Crippen molar-refractivity contribution in [3.63, 3.8) is 0 Å². The fourth-order valence-corrected chi connectivity index (χ4v) is 1.76. The second-order valence-corrected chi connectivity index (χ2v) is 4.20. The molecule has 0 aliphatic heterocycles. The normalized spacial score (nSPS) is 9.95. The lowest BCUT2D eigenvalue weighted by atomic mass is 10.1. The molecule has 0 bridgehead atoms. The second-order valence-electron chi connectivity index (χ2n) is 4.20. The highest BCUT2D eigenvalue weighted by Gasteiger charge is 2.04. The molecule has 2 aromatic rings. The van der Waals surface area contributed by atoms with E-state index in [-0.39, 0.29) is 5.91 Å². The number of hydrogen-bond donors (Lipinski definition) is 1. The smallest absolute Gasteiger partial charge is 0.224 e. The van der Waals surface area contributed by atoms with Gasteiger partial charge in [0.2, 0.25) is 5.91 Å². The highest BCUT2D eigenvalue weighted by molar-refractivity contribution is 5.78. The maximum atomic E-state index is 11.8. The third-order valence-electron chi connectivity index (χ3n) is 2.76. The van der Waals surface area contributed by atoms with Gasteiger partial charge in [-0.05, 0) is 17.2 Å². The van der Waals surface area contributed by atoms with E-state index in [0.717, 1.165) is 11.1 Å². The van der Waals surface area contributed by atoms with Gasteiger partial charge in [0.15, 0.2) is 0 Å². The number of hydrogen-bond acceptors (Lipinski definition) is 2. The number of carbonyl (C=O) groups excluding carboxylic acids is 1. The molecule has 0 saturated carbocycles. The molecule has 0 atom stereocenters. The van der Waals surface area contributed by atoms with Gasteiger partial charge in [-0.3, -0.25) is 4.79 Å². The Morgan fingerprint density at radius 3 is 2.74 bits per heavy atom. The summed E-state index contributed by atoms with van der Waals surface area (Å²) in [5.41, 5.74) is 2.01. The minimum atomic E-state index is -0.00268. The topological polar surface area (TPSA) is 38.3 Å². The Hall–Kier alpha value is -2.29. The summed E-state index contributed by atoms with van der Waals surface area (Å²) in [4.78, 5) is 11.8. The summed E-state index contributed by atoms with van der Waals surface area (Å²) in [6, 6.07) is 18.2. The largest absolute Gasteiger partial charge is 0.496 e. The molecule has 0 saturated heterocycles. The molecule has 1 radical (unpaired) electrons. The van der Waals surface area contributed by atoms with E-state index in [2.05, 4.69) is 11.4 Å². The monoisotopic (exact) mass is 254 g/mol. The Kier molecular flexibility index (Phi) is 4.56. The van der Waals surface area contributed by atoms with Crippen molar-refractivity contribution in [2.45, 2.75) is 13.0 Å². The predicted molar refractivity (Wildman–Crippen MR) is 73.8 cm³/mol. The van der Waals surface area contributed by atoms with Crippen molar-refractivity contribution < 1.29 is 9.53 Å². The number of rotatable bonds is 5. The van der Waals surface area contributed by atoms with Crippen LogP contribution in [0.3, 0.4) is 0 Å². The predicted octanol–water partition coefficient (Wildman–Crippen LogP) is 2.35. The molecule has 19 heavy (non-hydrogen) atoms. The zero-order valence-electron chi connectivity index (χ0n) is 10.8. The van der Waals surface area contributed by atoms with Crippen molar-refractivity contribution in [1.29, 1.82) is 0 Å². The van der Waals surface area contributed by atoms with Gasteiger partial charge < -0.3 is 10.1 Å². The molecule has 1 amide bonds. The van der Waals surface area contributed by atoms with Gasteiger partial charge in [0, 0.05) is 12.6 Å². The first kappa shape index (κ1) is 13.1. The Morgan fingerprint density at radius 1 is 1.21 bits per heavy atom. The average molecular weight is 254 g/mol. The lowest BCUT2D eigenvalue weighted by molar-refractivity contribution is -0.120. The molecule has 0 heterocycles. The van der Waals surface area contributed by atoms with Crippen LogP contribution in [-0.2, 0) is 17.8 Å². The van der Waals surface area contributed by atoms with Gasteiger partial charge in [0.05, 0.1) is 13.5 Å². The van der Waals surface area contributed by atoms with E-state index in [9.17, 15) is 4.79 Å². The standard InChI is InChI=1S/C16H16NO2/c1-19-15-9-5-8-14(10-15)11-16(18)17-12-13-6-3-2-4-7-13/h2-8,10H,11-12H2,1H3,(H,17,18). The lowest BCUT2D eigenvalue weighted by Crippen LogP contribution is -2.24. The Morgan fingerprint density at radius 2 is 2.00 bits per heavy atom. The van der Waals surface area contributed by atoms with Crippen LogP contribution in [0.2, 0.25) is 0 Å². The maximum absolute atomic E-state index is 11.8. The molecule has 3 heteroatoms. The summed E-state index contributed by atoms with van der Waals surface area (Å²) >= 11 is 0. The van der Waals surface area contributed by atoms with E-state index < -0.39 is 0 Å². The maximum Gasteiger partial charge on any atom is 0.224 e. The van der Waals surface area contributed by atoms with E-state index in [4.69, 9.17) is 4.74 Å². The van der Waals surface area contributed by atoms with Crippen molar-refractivity contribution in [3.8, 4) is 5.75 Å². The zero-order chi connectivity index (χ0) is 13.5. The first-order valence-corrected chi connectivity index (χ1v) is 6.13. The summed E-state index contributed by atoms with van der Waals surface area (Å²) in [6.45, 7) is 0.551. The van der Waals surface area contributed by atoms with Crippen LogP contribution in [0.1, 0.15) is 11.1 Å². The molecule has 0 fully saturated rings. The zero-order valence-corrected chi connectivity index (χ0v) is 10.8. The summed E-state index contributed by atoms with van der Waals surface area (Å²) in [5, 5.41) is 2.89. The molecule has 3 nitrogen and oxygen atoms in total. The third-order valence-corrected chi connectivity index (χ3v) is 2.76. The van der Waals surface area contributed by atoms with E-state index in [0.29, 0.717) is 18.7 Å². The quantitative estimate of drug-likeness (QED) is 0.889. The van der Waals surface area contributed by atoms with Crippen LogP contribution in [0.25, 0.3) is 0 Å². The molecular weight excluding hydrogens is 238 g/mol. The van der Waals surface area contributed by atoms with Crippen molar-refractivity contribution in [2.75, 3.05) is 7.11 Å². The van der Waals surface area contributed by atoms with Crippen LogP contribution >= 0.6 is 0 Å². The van der Waals surface area contributed by atoms with Crippen molar-refractivity contribution in [2.24, 2.45) is 0 Å². The van der Waals surface area contributed by atoms with Crippen molar-refractivity contribution in [3.05, 3.63) is 65.7 Å². The fraction of sp³-hybridized carbons (Fsp3) is 0.188. The van der Waals surface area contributed by atoms with Gasteiger partial charge in [0.1, 0.15) is 5.75 Å². The summed E-state index contributed by atoms with van der Waals surface area (Å²) < 4.78 is 5.08. The van der Waals surface area contributed by atoms with Crippen LogP contribution in [0.15, 0.2) is 48.5 Å². The van der Waals surface area contributed by atoms with Crippen LogP contribution in [0.5, 0.6) is 5.75 Å². The third kappa shape index (κ3) is 4.14. The molecule has 97 valence electrons. The molecule has 1 N–H and O–H groups in total. The average Bonchev–Trinajstić information content (AvgIpc) is 2.46. The van der Waals surface area contributed by atoms with E-state index in [1.807, 2.05) is 42.5 Å². The number of ether oxygens (including phenoxy) is 1. The minimum absolute atomic E-state index is 0.00268. The lowest BCUT2D eigenvalue weighted by Gasteiger charge is -2.06. The van der Waals surface area contributed by atoms with Crippen molar-refractivity contribution in [1.82, 2.24) is 5.32 Å². The van der Waals surface area contributed by atoms with Gasteiger partial charge in [-0.25, -0.2) is 0 Å². The number of benzene rings is 2. The van der Waals surface area contributed by atoms with Gasteiger partial charge in [-0.2, -0.15) is 0 Å². The number of amides is 1. The molecule has 0 aromatic heterocycles. The van der Waals surface area contributed by atoms with Gasteiger partial charge in [-0.1, -0.05) is 42.5 Å². The molecular formula is C16H16NO2. The first-order valence-electron chi connectivity index (χ1n) is 6.13. The minimum Gasteiger partial charge on any atom is -0.496 e. The summed E-state index contributed by atoms with van der Waals surface area (Å²) in [5.74, 6) is 0.644. The molecule has 2 aromatic carbocycles. The van der Waals surface area contributed by atoms with Crippen LogP contribution < -0.4 is 10.1 Å². The van der Waals surface area contributed by atoms with E-state index in [1.54, 1.807) is 13.2 Å². The van der Waals surface area contributed by atoms with Crippen LogP contribution in [0.4, 0.5) is 0 Å². The highest BCUT2D eigenvalue weighted by Crippen LogP contribution is 2.12. The molecule has 0 unspecified atom stereocenters. The number of carbonyl (C=O) groups is 1. The first-order chi connectivity index (χ1) is 9.28. The van der Waals surface area contributed by atoms with Gasteiger partial charge in [-0.15, -0.1) is 0 Å². The highest BCUT2D eigenvalue weighted by atomic mass is 16.5. The molecule has 2 rings (SSSR count). The Labute approximate surface area is 113 Å². The fourth-order valence-electron chi connectivity index (χ4n) is 1.76. The van der Waals surface area contributed by atoms with Crippen LogP contribution in [-0.4, -0.2) is 13.0 Å². The second kappa shape index (κ2) is 6.59. The molecule has 0 aliphatic carbocycles. The SMILES string of the molecule is COc1[c]ccc(CC(=O)NCc2ccccc2)c1. The van der Waals surface area contributed by atoms with E-state index in [1.165, 1.54) is 0 Å². The number of nitrogens with one attached hydrogen (secondary N) is 1. The van der Waals surface area contributed by atoms with Gasteiger partial charge in [0.25, 0.3) is 0 Å². The van der Waals surface area contributed by atoms with Crippen molar-refractivity contribution >= 4 is 5.91 Å². The van der Waals surface area contributed by atoms with Gasteiger partial charge >= 0.3 is 0 Å².